The molecule has 4 rings (SSSR count). The van der Waals surface area contributed by atoms with Crippen LogP contribution in [0, 0.1) is 11.7 Å². The fourth-order valence-corrected chi connectivity index (χ4v) is 4.22. The van der Waals surface area contributed by atoms with Crippen LogP contribution < -0.4 is 0 Å². The first-order valence-electron chi connectivity index (χ1n) is 10.0. The van der Waals surface area contributed by atoms with Gasteiger partial charge in [-0.15, -0.1) is 0 Å². The molecule has 0 aliphatic carbocycles. The van der Waals surface area contributed by atoms with Gasteiger partial charge in [0.2, 0.25) is 5.91 Å². The van der Waals surface area contributed by atoms with Crippen LogP contribution in [0.25, 0.3) is 22.5 Å². The van der Waals surface area contributed by atoms with E-state index in [2.05, 4.69) is 20.2 Å². The van der Waals surface area contributed by atoms with Crippen molar-refractivity contribution in [1.29, 1.82) is 0 Å². The van der Waals surface area contributed by atoms with Crippen LogP contribution in [0.1, 0.15) is 38.3 Å². The van der Waals surface area contributed by atoms with Crippen LogP contribution in [-0.4, -0.2) is 44.1 Å². The molecule has 1 amide bonds. The SMILES string of the molecule is CC(C)C(=O)N1CCC(c2[nH]nc(-c3cc(F)cc(Cl)c3)c2-c2ccncn2)CC1. The Bertz CT molecular complexity index is 1020. The van der Waals surface area contributed by atoms with E-state index in [-0.39, 0.29) is 17.7 Å². The van der Waals surface area contributed by atoms with Gasteiger partial charge in [0.1, 0.15) is 17.8 Å². The third-order valence-electron chi connectivity index (χ3n) is 5.48. The second-order valence-corrected chi connectivity index (χ2v) is 8.30. The summed E-state index contributed by atoms with van der Waals surface area (Å²) in [6.07, 6.45) is 4.80. The molecule has 0 bridgehead atoms. The van der Waals surface area contributed by atoms with Gasteiger partial charge in [-0.2, -0.15) is 5.10 Å². The van der Waals surface area contributed by atoms with Gasteiger partial charge in [-0.1, -0.05) is 25.4 Å². The first-order valence-corrected chi connectivity index (χ1v) is 10.4. The lowest BCUT2D eigenvalue weighted by Crippen LogP contribution is -2.40. The van der Waals surface area contributed by atoms with E-state index < -0.39 is 5.82 Å². The van der Waals surface area contributed by atoms with Crippen LogP contribution in [0.15, 0.2) is 36.8 Å². The van der Waals surface area contributed by atoms with Gasteiger partial charge in [0.15, 0.2) is 0 Å². The van der Waals surface area contributed by atoms with Crippen molar-refractivity contribution in [1.82, 2.24) is 25.1 Å². The summed E-state index contributed by atoms with van der Waals surface area (Å²) in [5, 5.41) is 7.99. The normalized spacial score (nSPS) is 15.0. The smallest absolute Gasteiger partial charge is 0.225 e. The summed E-state index contributed by atoms with van der Waals surface area (Å²) in [7, 11) is 0. The largest absolute Gasteiger partial charge is 0.342 e. The van der Waals surface area contributed by atoms with Gasteiger partial charge in [0.05, 0.1) is 5.69 Å². The van der Waals surface area contributed by atoms with E-state index >= 15 is 0 Å². The summed E-state index contributed by atoms with van der Waals surface area (Å²) in [6, 6.07) is 6.19. The van der Waals surface area contributed by atoms with Crippen molar-refractivity contribution in [2.24, 2.45) is 5.92 Å². The first-order chi connectivity index (χ1) is 14.4. The molecule has 156 valence electrons. The average Bonchev–Trinajstić information content (AvgIpc) is 3.18. The lowest BCUT2D eigenvalue weighted by molar-refractivity contribution is -0.135. The van der Waals surface area contributed by atoms with E-state index in [1.807, 2.05) is 24.8 Å². The van der Waals surface area contributed by atoms with Crippen LogP contribution in [0.3, 0.4) is 0 Å². The Morgan fingerprint density at radius 2 is 2.03 bits per heavy atom. The maximum atomic E-state index is 14.0. The predicted molar refractivity (Wildman–Crippen MR) is 113 cm³/mol. The molecule has 8 heteroatoms. The molecule has 0 unspecified atom stereocenters. The zero-order valence-corrected chi connectivity index (χ0v) is 17.7. The van der Waals surface area contributed by atoms with E-state index in [0.717, 1.165) is 24.1 Å². The first kappa shape index (κ1) is 20.5. The molecule has 1 aliphatic heterocycles. The second kappa shape index (κ2) is 8.52. The molecule has 0 radical (unpaired) electrons. The average molecular weight is 428 g/mol. The lowest BCUT2D eigenvalue weighted by atomic mass is 9.88. The molecule has 3 aromatic rings. The predicted octanol–water partition coefficient (Wildman–Crippen LogP) is 4.69. The minimum atomic E-state index is -0.420. The highest BCUT2D eigenvalue weighted by Gasteiger charge is 2.30. The summed E-state index contributed by atoms with van der Waals surface area (Å²) >= 11 is 6.08. The van der Waals surface area contributed by atoms with Crippen molar-refractivity contribution in [3.63, 3.8) is 0 Å². The summed E-state index contributed by atoms with van der Waals surface area (Å²) in [5.41, 5.74) is 3.67. The highest BCUT2D eigenvalue weighted by atomic mass is 35.5. The van der Waals surface area contributed by atoms with Crippen molar-refractivity contribution in [3.05, 3.63) is 53.3 Å². The van der Waals surface area contributed by atoms with Gasteiger partial charge in [0, 0.05) is 53.0 Å². The van der Waals surface area contributed by atoms with E-state index in [1.165, 1.54) is 18.5 Å². The number of carbonyl (C=O) groups excluding carboxylic acids is 1. The number of hydrogen-bond donors (Lipinski definition) is 1. The molecule has 1 aliphatic rings. The van der Waals surface area contributed by atoms with Crippen molar-refractivity contribution in [2.45, 2.75) is 32.6 Å². The molecule has 1 saturated heterocycles. The molecule has 1 N–H and O–H groups in total. The van der Waals surface area contributed by atoms with Crippen LogP contribution in [0.4, 0.5) is 4.39 Å². The Morgan fingerprint density at radius 3 is 2.67 bits per heavy atom. The summed E-state index contributed by atoms with van der Waals surface area (Å²) in [5.74, 6) is -0.0496. The molecule has 1 fully saturated rings. The van der Waals surface area contributed by atoms with Crippen LogP contribution in [-0.2, 0) is 4.79 Å². The number of aromatic amines is 1. The van der Waals surface area contributed by atoms with Gasteiger partial charge in [-0.05, 0) is 37.1 Å². The second-order valence-electron chi connectivity index (χ2n) is 7.87. The molecule has 0 atom stereocenters. The van der Waals surface area contributed by atoms with Crippen LogP contribution >= 0.6 is 11.6 Å². The lowest BCUT2D eigenvalue weighted by Gasteiger charge is -2.33. The maximum Gasteiger partial charge on any atom is 0.225 e. The van der Waals surface area contributed by atoms with Gasteiger partial charge in [-0.3, -0.25) is 9.89 Å². The van der Waals surface area contributed by atoms with Crippen LogP contribution in [0.5, 0.6) is 0 Å². The minimum absolute atomic E-state index is 0.00499. The van der Waals surface area contributed by atoms with E-state index in [0.29, 0.717) is 35.1 Å². The molecular weight excluding hydrogens is 405 g/mol. The molecule has 2 aromatic heterocycles. The standard InChI is InChI=1S/C22H23ClFN5O/c1-13(2)22(30)29-7-4-14(5-8-29)20-19(18-3-6-25-12-26-18)21(28-27-20)15-9-16(23)11-17(24)10-15/h3,6,9-14H,4-5,7-8H2,1-2H3,(H,27,28). The highest BCUT2D eigenvalue weighted by molar-refractivity contribution is 6.30. The number of aromatic nitrogens is 4. The fourth-order valence-electron chi connectivity index (χ4n) is 4.00. The summed E-state index contributed by atoms with van der Waals surface area (Å²) in [4.78, 5) is 22.7. The Morgan fingerprint density at radius 1 is 1.27 bits per heavy atom. The highest BCUT2D eigenvalue weighted by Crippen LogP contribution is 2.39. The number of rotatable bonds is 4. The fraction of sp³-hybridized carbons (Fsp3) is 0.364. The van der Waals surface area contributed by atoms with Crippen molar-refractivity contribution >= 4 is 17.5 Å². The van der Waals surface area contributed by atoms with E-state index in [1.54, 1.807) is 12.3 Å². The number of piperidine rings is 1. The Labute approximate surface area is 179 Å². The zero-order chi connectivity index (χ0) is 21.3. The number of halogens is 2. The number of carbonyl (C=O) groups is 1. The van der Waals surface area contributed by atoms with Gasteiger partial charge >= 0.3 is 0 Å². The van der Waals surface area contributed by atoms with E-state index in [9.17, 15) is 9.18 Å². The Balaban J connectivity index is 1.71. The van der Waals surface area contributed by atoms with Crippen molar-refractivity contribution < 1.29 is 9.18 Å². The number of amides is 1. The topological polar surface area (TPSA) is 74.8 Å². The van der Waals surface area contributed by atoms with Gasteiger partial charge in [-0.25, -0.2) is 14.4 Å². The number of nitrogens with one attached hydrogen (secondary N) is 1. The molecule has 30 heavy (non-hydrogen) atoms. The van der Waals surface area contributed by atoms with Crippen molar-refractivity contribution in [2.75, 3.05) is 13.1 Å². The molecule has 1 aromatic carbocycles. The number of likely N-dealkylation sites (tertiary alicyclic amines) is 1. The summed E-state index contributed by atoms with van der Waals surface area (Å²) < 4.78 is 14.0. The van der Waals surface area contributed by atoms with E-state index in [4.69, 9.17) is 11.6 Å². The van der Waals surface area contributed by atoms with Gasteiger partial charge in [0.25, 0.3) is 0 Å². The quantitative estimate of drug-likeness (QED) is 0.655. The van der Waals surface area contributed by atoms with Crippen molar-refractivity contribution in [3.8, 4) is 22.5 Å². The molecule has 3 heterocycles. The Kier molecular flexibility index (Phi) is 5.81. The number of hydrogen-bond acceptors (Lipinski definition) is 4. The zero-order valence-electron chi connectivity index (χ0n) is 16.9. The molecule has 0 spiro atoms. The molecule has 0 saturated carbocycles. The number of nitrogens with zero attached hydrogens (tertiary/aromatic N) is 4. The minimum Gasteiger partial charge on any atom is -0.342 e. The van der Waals surface area contributed by atoms with Crippen LogP contribution in [0.2, 0.25) is 5.02 Å². The molecule has 6 nitrogen and oxygen atoms in total. The number of benzene rings is 1. The monoisotopic (exact) mass is 427 g/mol. The maximum absolute atomic E-state index is 14.0. The molecular formula is C22H23ClFN5O. The third kappa shape index (κ3) is 4.07. The summed E-state index contributed by atoms with van der Waals surface area (Å²) in [6.45, 7) is 5.25. The Hall–Kier alpha value is -2.80. The number of H-pyrrole nitrogens is 1. The van der Waals surface area contributed by atoms with Gasteiger partial charge < -0.3 is 4.90 Å². The third-order valence-corrected chi connectivity index (χ3v) is 5.70.